The molecule has 0 bridgehead atoms. The van der Waals surface area contributed by atoms with Crippen molar-refractivity contribution >= 4 is 23.1 Å². The van der Waals surface area contributed by atoms with Crippen molar-refractivity contribution in [1.82, 2.24) is 0 Å². The van der Waals surface area contributed by atoms with Crippen LogP contribution in [0.25, 0.3) is 0 Å². The Labute approximate surface area is 119 Å². The largest absolute Gasteiger partial charge is 0.294 e. The van der Waals surface area contributed by atoms with Crippen LogP contribution in [0.15, 0.2) is 42.5 Å². The lowest BCUT2D eigenvalue weighted by molar-refractivity contribution is -0.384. The summed E-state index contributed by atoms with van der Waals surface area (Å²) in [5, 5.41) is 10.7. The number of ketones is 1. The van der Waals surface area contributed by atoms with Crippen LogP contribution in [0.5, 0.6) is 0 Å². The molecule has 102 valence electrons. The van der Waals surface area contributed by atoms with Crippen LogP contribution in [0.3, 0.4) is 0 Å². The summed E-state index contributed by atoms with van der Waals surface area (Å²) in [6.07, 6.45) is -0.191. The molecular weight excluding hydrogens is 285 g/mol. The molecule has 2 aromatic rings. The zero-order valence-corrected chi connectivity index (χ0v) is 10.9. The van der Waals surface area contributed by atoms with Crippen LogP contribution in [-0.4, -0.2) is 10.7 Å². The number of Topliss-reactive ketones (excluding diaryl/α,β-unsaturated/α-hetero) is 1. The molecule has 0 amide bonds. The summed E-state index contributed by atoms with van der Waals surface area (Å²) >= 11 is 5.85. The molecule has 0 N–H and O–H groups in total. The van der Waals surface area contributed by atoms with Gasteiger partial charge in [-0.15, -0.1) is 0 Å². The number of hydrogen-bond acceptors (Lipinski definition) is 3. The van der Waals surface area contributed by atoms with Crippen molar-refractivity contribution in [3.05, 3.63) is 74.5 Å². The number of nitrogens with zero attached hydrogens (tertiary/aromatic N) is 1. The van der Waals surface area contributed by atoms with Gasteiger partial charge in [0.2, 0.25) is 0 Å². The zero-order chi connectivity index (χ0) is 14.7. The fourth-order valence-electron chi connectivity index (χ4n) is 1.73. The van der Waals surface area contributed by atoms with Gasteiger partial charge in [-0.1, -0.05) is 17.7 Å². The van der Waals surface area contributed by atoms with Gasteiger partial charge >= 0.3 is 0 Å². The van der Waals surface area contributed by atoms with Gasteiger partial charge < -0.3 is 0 Å². The molecule has 0 aliphatic carbocycles. The molecule has 0 atom stereocenters. The van der Waals surface area contributed by atoms with Crippen molar-refractivity contribution in [2.24, 2.45) is 0 Å². The summed E-state index contributed by atoms with van der Waals surface area (Å²) in [6.45, 7) is 0. The average Bonchev–Trinajstić information content (AvgIpc) is 2.43. The van der Waals surface area contributed by atoms with Gasteiger partial charge in [-0.05, 0) is 24.3 Å². The molecule has 0 fully saturated rings. The van der Waals surface area contributed by atoms with Crippen LogP contribution in [0.4, 0.5) is 10.1 Å². The van der Waals surface area contributed by atoms with E-state index in [1.54, 1.807) is 0 Å². The molecule has 6 heteroatoms. The molecule has 0 spiro atoms. The number of carbonyl (C=O) groups is 1. The summed E-state index contributed by atoms with van der Waals surface area (Å²) in [5.41, 5.74) is 0.290. The molecule has 0 aliphatic heterocycles. The third-order valence-corrected chi connectivity index (χ3v) is 3.15. The number of rotatable bonds is 4. The lowest BCUT2D eigenvalue weighted by Crippen LogP contribution is -2.06. The van der Waals surface area contributed by atoms with Crippen molar-refractivity contribution in [1.29, 1.82) is 0 Å². The Hall–Kier alpha value is -2.27. The van der Waals surface area contributed by atoms with E-state index in [-0.39, 0.29) is 34.0 Å². The first kappa shape index (κ1) is 14.1. The van der Waals surface area contributed by atoms with Crippen LogP contribution in [-0.2, 0) is 6.42 Å². The maximum atomic E-state index is 13.6. The van der Waals surface area contributed by atoms with Gasteiger partial charge in [0.05, 0.1) is 4.92 Å². The first-order chi connectivity index (χ1) is 9.49. The minimum absolute atomic E-state index is 0.106. The Bertz CT molecular complexity index is 650. The number of halogens is 2. The van der Waals surface area contributed by atoms with Gasteiger partial charge in [-0.3, -0.25) is 14.9 Å². The number of hydrogen-bond donors (Lipinski definition) is 0. The highest BCUT2D eigenvalue weighted by Gasteiger charge is 2.14. The van der Waals surface area contributed by atoms with Crippen LogP contribution in [0, 0.1) is 15.9 Å². The van der Waals surface area contributed by atoms with Gasteiger partial charge in [0.25, 0.3) is 5.69 Å². The number of carbonyl (C=O) groups excluding carboxylic acids is 1. The molecule has 2 rings (SSSR count). The Balaban J connectivity index is 2.22. The maximum Gasteiger partial charge on any atom is 0.269 e. The smallest absolute Gasteiger partial charge is 0.269 e. The Kier molecular flexibility index (Phi) is 4.10. The highest BCUT2D eigenvalue weighted by Crippen LogP contribution is 2.21. The van der Waals surface area contributed by atoms with E-state index in [0.29, 0.717) is 0 Å². The summed E-state index contributed by atoms with van der Waals surface area (Å²) < 4.78 is 13.6. The molecule has 0 saturated heterocycles. The zero-order valence-electron chi connectivity index (χ0n) is 10.2. The molecule has 2 aromatic carbocycles. The first-order valence-electron chi connectivity index (χ1n) is 5.69. The second-order valence-electron chi connectivity index (χ2n) is 4.10. The normalized spacial score (nSPS) is 10.3. The van der Waals surface area contributed by atoms with Gasteiger partial charge in [0.15, 0.2) is 5.78 Å². The first-order valence-corrected chi connectivity index (χ1v) is 6.07. The van der Waals surface area contributed by atoms with E-state index in [4.69, 9.17) is 11.6 Å². The van der Waals surface area contributed by atoms with Gasteiger partial charge in [0, 0.05) is 34.7 Å². The molecule has 0 saturated carbocycles. The predicted octanol–water partition coefficient (Wildman–Crippen LogP) is 3.81. The predicted molar refractivity (Wildman–Crippen MR) is 72.5 cm³/mol. The van der Waals surface area contributed by atoms with E-state index >= 15 is 0 Å². The molecule has 0 aliphatic rings. The van der Waals surface area contributed by atoms with E-state index in [0.717, 1.165) is 0 Å². The fourth-order valence-corrected chi connectivity index (χ4v) is 1.96. The SMILES string of the molecule is O=C(Cc1c(F)cccc1Cl)c1ccc([N+](=O)[O-])cc1. The highest BCUT2D eigenvalue weighted by molar-refractivity contribution is 6.31. The molecule has 0 heterocycles. The summed E-state index contributed by atoms with van der Waals surface area (Å²) in [7, 11) is 0. The van der Waals surface area contributed by atoms with Gasteiger partial charge in [-0.25, -0.2) is 4.39 Å². The second kappa shape index (κ2) is 5.79. The van der Waals surface area contributed by atoms with Crippen molar-refractivity contribution in [2.75, 3.05) is 0 Å². The minimum atomic E-state index is -0.554. The van der Waals surface area contributed by atoms with Gasteiger partial charge in [0.1, 0.15) is 5.82 Å². The average molecular weight is 294 g/mol. The van der Waals surface area contributed by atoms with E-state index in [1.165, 1.54) is 42.5 Å². The monoisotopic (exact) mass is 293 g/mol. The molecule has 0 radical (unpaired) electrons. The summed E-state index contributed by atoms with van der Waals surface area (Å²) in [6, 6.07) is 9.34. The Morgan fingerprint density at radius 2 is 1.85 bits per heavy atom. The van der Waals surface area contributed by atoms with Crippen LogP contribution < -0.4 is 0 Å². The molecular formula is C14H9ClFNO3. The number of nitro benzene ring substituents is 1. The highest BCUT2D eigenvalue weighted by atomic mass is 35.5. The molecule has 4 nitrogen and oxygen atoms in total. The maximum absolute atomic E-state index is 13.6. The molecule has 0 aromatic heterocycles. The van der Waals surface area contributed by atoms with E-state index < -0.39 is 10.7 Å². The number of benzene rings is 2. The fraction of sp³-hybridized carbons (Fsp3) is 0.0714. The van der Waals surface area contributed by atoms with Crippen molar-refractivity contribution in [3.63, 3.8) is 0 Å². The van der Waals surface area contributed by atoms with Crippen LogP contribution in [0.2, 0.25) is 5.02 Å². The summed E-state index contributed by atoms with van der Waals surface area (Å²) in [4.78, 5) is 22.0. The van der Waals surface area contributed by atoms with Crippen molar-refractivity contribution < 1.29 is 14.1 Å². The lowest BCUT2D eigenvalue weighted by Gasteiger charge is -2.05. The van der Waals surface area contributed by atoms with Crippen LogP contribution in [0.1, 0.15) is 15.9 Å². The third kappa shape index (κ3) is 3.00. The standard InChI is InChI=1S/C14H9ClFNO3/c15-12-2-1-3-13(16)11(12)8-14(18)9-4-6-10(7-5-9)17(19)20/h1-7H,8H2. The lowest BCUT2D eigenvalue weighted by atomic mass is 10.0. The van der Waals surface area contributed by atoms with E-state index in [2.05, 4.69) is 0 Å². The second-order valence-corrected chi connectivity index (χ2v) is 4.51. The quantitative estimate of drug-likeness (QED) is 0.489. The van der Waals surface area contributed by atoms with Crippen LogP contribution >= 0.6 is 11.6 Å². The number of non-ortho nitro benzene ring substituents is 1. The van der Waals surface area contributed by atoms with Crippen molar-refractivity contribution in [2.45, 2.75) is 6.42 Å². The molecule has 20 heavy (non-hydrogen) atoms. The molecule has 0 unspecified atom stereocenters. The van der Waals surface area contributed by atoms with Crippen molar-refractivity contribution in [3.8, 4) is 0 Å². The topological polar surface area (TPSA) is 60.2 Å². The Morgan fingerprint density at radius 1 is 1.20 bits per heavy atom. The minimum Gasteiger partial charge on any atom is -0.294 e. The number of nitro groups is 1. The van der Waals surface area contributed by atoms with E-state index in [9.17, 15) is 19.3 Å². The van der Waals surface area contributed by atoms with Gasteiger partial charge in [-0.2, -0.15) is 0 Å². The summed E-state index contributed by atoms with van der Waals surface area (Å²) in [5.74, 6) is -0.903. The third-order valence-electron chi connectivity index (χ3n) is 2.80. The Morgan fingerprint density at radius 3 is 2.40 bits per heavy atom. The van der Waals surface area contributed by atoms with E-state index in [1.807, 2.05) is 0 Å².